The van der Waals surface area contributed by atoms with E-state index in [0.717, 1.165) is 6.67 Å². The maximum absolute atomic E-state index is 4.98. The summed E-state index contributed by atoms with van der Waals surface area (Å²) in [4.78, 5) is 4.18. The third kappa shape index (κ3) is 1.93. The number of hydrogen-bond acceptors (Lipinski definition) is 3. The Kier molecular flexibility index (Phi) is 1.95. The van der Waals surface area contributed by atoms with Crippen LogP contribution >= 0.6 is 0 Å². The van der Waals surface area contributed by atoms with Gasteiger partial charge in [-0.15, -0.1) is 0 Å². The van der Waals surface area contributed by atoms with E-state index in [1.807, 2.05) is 20.3 Å². The van der Waals surface area contributed by atoms with Crippen molar-refractivity contribution in [2.24, 2.45) is 0 Å². The van der Waals surface area contributed by atoms with Crippen LogP contribution in [0.1, 0.15) is 0 Å². The van der Waals surface area contributed by atoms with E-state index in [0.29, 0.717) is 6.73 Å². The molecule has 0 saturated heterocycles. The number of hydrogen-bond donors (Lipinski definition) is 0. The molecule has 0 bridgehead atoms. The lowest BCUT2D eigenvalue weighted by Gasteiger charge is -2.18. The fourth-order valence-electron chi connectivity index (χ4n) is 0.762. The molecule has 0 N–H and O–H groups in total. The van der Waals surface area contributed by atoms with E-state index >= 15 is 0 Å². The van der Waals surface area contributed by atoms with Gasteiger partial charge in [-0.3, -0.25) is 4.90 Å². The van der Waals surface area contributed by atoms with Gasteiger partial charge in [-0.25, -0.2) is 0 Å². The second-order valence-electron chi connectivity index (χ2n) is 2.39. The molecule has 0 saturated carbocycles. The molecule has 9 heavy (non-hydrogen) atoms. The molecular formula is C6H12N2O. The standard InChI is InChI=1S/C6H12N2O/c1-7(2)5-8-3-4-9-6-8/h3-4H,5-6H2,1-2H3. The van der Waals surface area contributed by atoms with E-state index in [2.05, 4.69) is 9.80 Å². The second kappa shape index (κ2) is 2.73. The second-order valence-corrected chi connectivity index (χ2v) is 2.39. The van der Waals surface area contributed by atoms with Crippen LogP contribution < -0.4 is 0 Å². The fraction of sp³-hybridized carbons (Fsp3) is 0.667. The first-order chi connectivity index (χ1) is 4.29. The van der Waals surface area contributed by atoms with Crippen molar-refractivity contribution >= 4 is 0 Å². The van der Waals surface area contributed by atoms with Gasteiger partial charge in [-0.2, -0.15) is 0 Å². The lowest BCUT2D eigenvalue weighted by Crippen LogP contribution is -2.28. The Balaban J connectivity index is 2.20. The van der Waals surface area contributed by atoms with Crippen LogP contribution in [-0.2, 0) is 4.74 Å². The van der Waals surface area contributed by atoms with Crippen molar-refractivity contribution in [1.82, 2.24) is 9.80 Å². The minimum absolute atomic E-state index is 0.693. The summed E-state index contributed by atoms with van der Waals surface area (Å²) in [6.07, 6.45) is 3.66. The van der Waals surface area contributed by atoms with Gasteiger partial charge in [0.1, 0.15) is 6.26 Å². The van der Waals surface area contributed by atoms with Crippen LogP contribution in [0.25, 0.3) is 0 Å². The van der Waals surface area contributed by atoms with E-state index in [4.69, 9.17) is 4.74 Å². The van der Waals surface area contributed by atoms with Crippen LogP contribution in [-0.4, -0.2) is 37.3 Å². The highest BCUT2D eigenvalue weighted by molar-refractivity contribution is 4.78. The molecule has 1 heterocycles. The molecule has 0 aromatic heterocycles. The molecule has 1 rings (SSSR count). The van der Waals surface area contributed by atoms with E-state index < -0.39 is 0 Å². The normalized spacial score (nSPS) is 17.0. The Morgan fingerprint density at radius 1 is 1.67 bits per heavy atom. The van der Waals surface area contributed by atoms with E-state index in [1.165, 1.54) is 0 Å². The summed E-state index contributed by atoms with van der Waals surface area (Å²) in [5.41, 5.74) is 0. The lowest BCUT2D eigenvalue weighted by atomic mass is 10.7. The summed E-state index contributed by atoms with van der Waals surface area (Å²) in [7, 11) is 4.07. The van der Waals surface area contributed by atoms with Crippen molar-refractivity contribution in [2.75, 3.05) is 27.5 Å². The quantitative estimate of drug-likeness (QED) is 0.530. The van der Waals surface area contributed by atoms with Gasteiger partial charge in [0.05, 0.1) is 6.67 Å². The van der Waals surface area contributed by atoms with Crippen molar-refractivity contribution in [2.45, 2.75) is 0 Å². The van der Waals surface area contributed by atoms with Gasteiger partial charge >= 0.3 is 0 Å². The van der Waals surface area contributed by atoms with Gasteiger partial charge in [0.25, 0.3) is 0 Å². The predicted molar refractivity (Wildman–Crippen MR) is 35.5 cm³/mol. The van der Waals surface area contributed by atoms with Crippen LogP contribution in [0.15, 0.2) is 12.5 Å². The summed E-state index contributed by atoms with van der Waals surface area (Å²) in [6.45, 7) is 1.62. The third-order valence-corrected chi connectivity index (χ3v) is 1.07. The highest BCUT2D eigenvalue weighted by atomic mass is 16.5. The summed E-state index contributed by atoms with van der Waals surface area (Å²) < 4.78 is 4.98. The van der Waals surface area contributed by atoms with Crippen molar-refractivity contribution in [3.63, 3.8) is 0 Å². The Labute approximate surface area is 55.5 Å². The molecule has 0 atom stereocenters. The monoisotopic (exact) mass is 128 g/mol. The first-order valence-corrected chi connectivity index (χ1v) is 2.96. The smallest absolute Gasteiger partial charge is 0.161 e. The van der Waals surface area contributed by atoms with Crippen molar-refractivity contribution in [1.29, 1.82) is 0 Å². The molecule has 3 heteroatoms. The first-order valence-electron chi connectivity index (χ1n) is 2.96. The molecule has 0 amide bonds. The molecule has 0 aliphatic carbocycles. The first kappa shape index (κ1) is 6.42. The molecule has 52 valence electrons. The number of ether oxygens (including phenoxy) is 1. The molecule has 0 aromatic rings. The number of rotatable bonds is 2. The molecule has 0 unspecified atom stereocenters. The molecule has 0 aromatic carbocycles. The number of nitrogens with zero attached hydrogens (tertiary/aromatic N) is 2. The molecule has 0 spiro atoms. The average Bonchev–Trinajstić information content (AvgIpc) is 2.15. The Morgan fingerprint density at radius 2 is 2.44 bits per heavy atom. The summed E-state index contributed by atoms with van der Waals surface area (Å²) in [5, 5.41) is 0. The molecule has 3 nitrogen and oxygen atoms in total. The van der Waals surface area contributed by atoms with E-state index in [1.54, 1.807) is 6.26 Å². The average molecular weight is 128 g/mol. The van der Waals surface area contributed by atoms with Gasteiger partial charge in [0, 0.05) is 6.20 Å². The van der Waals surface area contributed by atoms with Crippen LogP contribution in [0, 0.1) is 0 Å². The van der Waals surface area contributed by atoms with Crippen LogP contribution in [0.2, 0.25) is 0 Å². The maximum atomic E-state index is 4.98. The van der Waals surface area contributed by atoms with Crippen LogP contribution in [0.4, 0.5) is 0 Å². The van der Waals surface area contributed by atoms with Gasteiger partial charge in [-0.05, 0) is 14.1 Å². The van der Waals surface area contributed by atoms with Crippen molar-refractivity contribution in [3.8, 4) is 0 Å². The topological polar surface area (TPSA) is 15.7 Å². The van der Waals surface area contributed by atoms with E-state index in [9.17, 15) is 0 Å². The zero-order chi connectivity index (χ0) is 6.69. The van der Waals surface area contributed by atoms with Gasteiger partial charge in [0.15, 0.2) is 6.73 Å². The van der Waals surface area contributed by atoms with E-state index in [-0.39, 0.29) is 0 Å². The van der Waals surface area contributed by atoms with Crippen LogP contribution in [0.3, 0.4) is 0 Å². The maximum Gasteiger partial charge on any atom is 0.161 e. The predicted octanol–water partition coefficient (Wildman–Crippen LogP) is 0.266. The molecular weight excluding hydrogens is 116 g/mol. The lowest BCUT2D eigenvalue weighted by molar-refractivity contribution is 0.131. The Hall–Kier alpha value is -0.700. The fourth-order valence-corrected chi connectivity index (χ4v) is 0.762. The minimum atomic E-state index is 0.693. The Bertz CT molecular complexity index is 112. The SMILES string of the molecule is CN(C)CN1C=COC1. The summed E-state index contributed by atoms with van der Waals surface area (Å²) in [6, 6.07) is 0. The van der Waals surface area contributed by atoms with Gasteiger partial charge in [0.2, 0.25) is 0 Å². The highest BCUT2D eigenvalue weighted by Gasteiger charge is 2.03. The van der Waals surface area contributed by atoms with Crippen LogP contribution in [0.5, 0.6) is 0 Å². The molecule has 1 aliphatic rings. The zero-order valence-corrected chi connectivity index (χ0v) is 5.87. The molecule has 1 aliphatic heterocycles. The third-order valence-electron chi connectivity index (χ3n) is 1.07. The molecule has 0 fully saturated rings. The van der Waals surface area contributed by atoms with Crippen molar-refractivity contribution in [3.05, 3.63) is 12.5 Å². The summed E-state index contributed by atoms with van der Waals surface area (Å²) in [5.74, 6) is 0. The molecule has 0 radical (unpaired) electrons. The Morgan fingerprint density at radius 3 is 2.89 bits per heavy atom. The van der Waals surface area contributed by atoms with Gasteiger partial charge in [-0.1, -0.05) is 0 Å². The van der Waals surface area contributed by atoms with Crippen molar-refractivity contribution < 1.29 is 4.74 Å². The summed E-state index contributed by atoms with van der Waals surface area (Å²) >= 11 is 0. The zero-order valence-electron chi connectivity index (χ0n) is 5.87. The van der Waals surface area contributed by atoms with Gasteiger partial charge < -0.3 is 9.64 Å². The highest BCUT2D eigenvalue weighted by Crippen LogP contribution is 1.99. The minimum Gasteiger partial charge on any atom is -0.479 e. The largest absolute Gasteiger partial charge is 0.479 e.